The van der Waals surface area contributed by atoms with E-state index in [0.717, 1.165) is 12.8 Å². The lowest BCUT2D eigenvalue weighted by atomic mass is 9.93. The molecule has 4 nitrogen and oxygen atoms in total. The van der Waals surface area contributed by atoms with E-state index in [-0.39, 0.29) is 11.7 Å². The summed E-state index contributed by atoms with van der Waals surface area (Å²) in [5.74, 6) is 0.0763. The van der Waals surface area contributed by atoms with E-state index in [4.69, 9.17) is 0 Å². The van der Waals surface area contributed by atoms with Gasteiger partial charge >= 0.3 is 0 Å². The SMILES string of the molecule is CC1(Cc2ccccc2F)NC(=NC2CC2)NC1=O. The highest BCUT2D eigenvalue weighted by Crippen LogP contribution is 2.25. The fraction of sp³-hybridized carbons (Fsp3) is 0.429. The molecule has 1 saturated heterocycles. The second kappa shape index (κ2) is 4.33. The Morgan fingerprint density at radius 1 is 1.42 bits per heavy atom. The van der Waals surface area contributed by atoms with E-state index in [2.05, 4.69) is 15.6 Å². The zero-order valence-corrected chi connectivity index (χ0v) is 10.7. The van der Waals surface area contributed by atoms with E-state index in [0.29, 0.717) is 24.0 Å². The van der Waals surface area contributed by atoms with Crippen LogP contribution in [-0.2, 0) is 11.2 Å². The molecule has 19 heavy (non-hydrogen) atoms. The molecule has 1 aliphatic heterocycles. The molecule has 5 heteroatoms. The van der Waals surface area contributed by atoms with Crippen LogP contribution in [0.25, 0.3) is 0 Å². The van der Waals surface area contributed by atoms with E-state index in [9.17, 15) is 9.18 Å². The third-order valence-corrected chi connectivity index (χ3v) is 3.49. The van der Waals surface area contributed by atoms with Crippen LogP contribution in [0.4, 0.5) is 4.39 Å². The van der Waals surface area contributed by atoms with Gasteiger partial charge in [-0.15, -0.1) is 0 Å². The van der Waals surface area contributed by atoms with Crippen LogP contribution in [0.15, 0.2) is 29.3 Å². The van der Waals surface area contributed by atoms with Crippen molar-refractivity contribution in [1.29, 1.82) is 0 Å². The molecule has 3 rings (SSSR count). The first-order valence-electron chi connectivity index (χ1n) is 6.48. The Hall–Kier alpha value is -1.91. The Balaban J connectivity index is 1.79. The van der Waals surface area contributed by atoms with E-state index >= 15 is 0 Å². The number of rotatable bonds is 3. The summed E-state index contributed by atoms with van der Waals surface area (Å²) in [6.07, 6.45) is 2.45. The minimum absolute atomic E-state index is 0.157. The van der Waals surface area contributed by atoms with Crippen LogP contribution in [0.5, 0.6) is 0 Å². The van der Waals surface area contributed by atoms with Crippen LogP contribution in [0.3, 0.4) is 0 Å². The van der Waals surface area contributed by atoms with Gasteiger partial charge in [0.1, 0.15) is 11.4 Å². The molecular formula is C14H16FN3O. The molecule has 2 aliphatic rings. The fourth-order valence-corrected chi connectivity index (χ4v) is 2.19. The molecular weight excluding hydrogens is 245 g/mol. The molecule has 100 valence electrons. The van der Waals surface area contributed by atoms with Crippen molar-refractivity contribution in [2.75, 3.05) is 0 Å². The molecule has 1 amide bonds. The number of carbonyl (C=O) groups excluding carboxylic acids is 1. The summed E-state index contributed by atoms with van der Waals surface area (Å²) in [4.78, 5) is 16.4. The lowest BCUT2D eigenvalue weighted by molar-refractivity contribution is -0.123. The number of guanidine groups is 1. The second-order valence-electron chi connectivity index (χ2n) is 5.39. The molecule has 2 fully saturated rings. The number of hydrogen-bond acceptors (Lipinski definition) is 2. The minimum atomic E-state index is -0.837. The molecule has 0 bridgehead atoms. The highest BCUT2D eigenvalue weighted by Gasteiger charge is 2.41. The largest absolute Gasteiger partial charge is 0.342 e. The maximum Gasteiger partial charge on any atom is 0.252 e. The number of benzene rings is 1. The molecule has 1 unspecified atom stereocenters. The average molecular weight is 261 g/mol. The van der Waals surface area contributed by atoms with Gasteiger partial charge < -0.3 is 5.32 Å². The first-order chi connectivity index (χ1) is 9.07. The quantitative estimate of drug-likeness (QED) is 0.863. The van der Waals surface area contributed by atoms with E-state index < -0.39 is 5.54 Å². The Kier molecular flexibility index (Phi) is 2.77. The summed E-state index contributed by atoms with van der Waals surface area (Å²) in [5.41, 5.74) is -0.309. The number of halogens is 1. The van der Waals surface area contributed by atoms with E-state index in [1.807, 2.05) is 0 Å². The van der Waals surface area contributed by atoms with Crippen LogP contribution >= 0.6 is 0 Å². The van der Waals surface area contributed by atoms with Crippen molar-refractivity contribution < 1.29 is 9.18 Å². The summed E-state index contributed by atoms with van der Waals surface area (Å²) in [7, 11) is 0. The van der Waals surface area contributed by atoms with Gasteiger partial charge in [-0.2, -0.15) is 0 Å². The predicted molar refractivity (Wildman–Crippen MR) is 70.2 cm³/mol. The first kappa shape index (κ1) is 12.1. The normalized spacial score (nSPS) is 28.3. The molecule has 1 saturated carbocycles. The number of nitrogens with one attached hydrogen (secondary N) is 2. The number of carbonyl (C=O) groups is 1. The second-order valence-corrected chi connectivity index (χ2v) is 5.39. The summed E-state index contributed by atoms with van der Waals surface area (Å²) >= 11 is 0. The summed E-state index contributed by atoms with van der Waals surface area (Å²) < 4.78 is 13.7. The molecule has 0 radical (unpaired) electrons. The van der Waals surface area contributed by atoms with Crippen molar-refractivity contribution in [3.63, 3.8) is 0 Å². The Bertz CT molecular complexity index is 553. The fourth-order valence-electron chi connectivity index (χ4n) is 2.19. The summed E-state index contributed by atoms with van der Waals surface area (Å²) in [6, 6.07) is 6.85. The van der Waals surface area contributed by atoms with Crippen molar-refractivity contribution in [2.24, 2.45) is 4.99 Å². The van der Waals surface area contributed by atoms with Crippen LogP contribution in [0, 0.1) is 5.82 Å². The van der Waals surface area contributed by atoms with Crippen molar-refractivity contribution >= 4 is 11.9 Å². The zero-order chi connectivity index (χ0) is 13.5. The highest BCUT2D eigenvalue weighted by atomic mass is 19.1. The van der Waals surface area contributed by atoms with Crippen LogP contribution in [0.2, 0.25) is 0 Å². The smallest absolute Gasteiger partial charge is 0.252 e. The summed E-state index contributed by atoms with van der Waals surface area (Å²) in [5, 5.41) is 5.82. The Morgan fingerprint density at radius 3 is 2.84 bits per heavy atom. The standard InChI is InChI=1S/C14H16FN3O/c1-14(8-9-4-2-3-5-11(9)15)12(19)17-13(18-14)16-10-6-7-10/h2-5,10H,6-8H2,1H3,(H2,16,17,18,19). The molecule has 1 aliphatic carbocycles. The molecule has 1 aromatic rings. The first-order valence-corrected chi connectivity index (χ1v) is 6.48. The van der Waals surface area contributed by atoms with Gasteiger partial charge in [-0.05, 0) is 31.4 Å². The Morgan fingerprint density at radius 2 is 2.16 bits per heavy atom. The maximum absolute atomic E-state index is 13.7. The molecule has 1 aromatic carbocycles. The minimum Gasteiger partial charge on any atom is -0.342 e. The van der Waals surface area contributed by atoms with Gasteiger partial charge in [0.15, 0.2) is 5.96 Å². The third-order valence-electron chi connectivity index (χ3n) is 3.49. The van der Waals surface area contributed by atoms with Gasteiger partial charge in [0.05, 0.1) is 6.04 Å². The molecule has 1 heterocycles. The predicted octanol–water partition coefficient (Wildman–Crippen LogP) is 1.36. The summed E-state index contributed by atoms with van der Waals surface area (Å²) in [6.45, 7) is 1.77. The van der Waals surface area contributed by atoms with Gasteiger partial charge in [-0.1, -0.05) is 18.2 Å². The lowest BCUT2D eigenvalue weighted by Gasteiger charge is -2.21. The van der Waals surface area contributed by atoms with Crippen molar-refractivity contribution in [1.82, 2.24) is 10.6 Å². The van der Waals surface area contributed by atoms with Crippen LogP contribution in [-0.4, -0.2) is 23.4 Å². The molecule has 0 spiro atoms. The Labute approximate surface area is 111 Å². The number of nitrogens with zero attached hydrogens (tertiary/aromatic N) is 1. The van der Waals surface area contributed by atoms with E-state index in [1.54, 1.807) is 25.1 Å². The molecule has 0 aromatic heterocycles. The van der Waals surface area contributed by atoms with Crippen molar-refractivity contribution in [2.45, 2.75) is 37.8 Å². The number of aliphatic imine (C=N–C) groups is 1. The van der Waals surface area contributed by atoms with Gasteiger partial charge in [0.25, 0.3) is 5.91 Å². The average Bonchev–Trinajstić information content (AvgIpc) is 3.11. The van der Waals surface area contributed by atoms with Crippen molar-refractivity contribution in [3.8, 4) is 0 Å². The molecule has 1 atom stereocenters. The van der Waals surface area contributed by atoms with Crippen molar-refractivity contribution in [3.05, 3.63) is 35.6 Å². The van der Waals surface area contributed by atoms with Crippen LogP contribution < -0.4 is 10.6 Å². The third kappa shape index (κ3) is 2.45. The topological polar surface area (TPSA) is 53.5 Å². The van der Waals surface area contributed by atoms with Crippen LogP contribution in [0.1, 0.15) is 25.3 Å². The van der Waals surface area contributed by atoms with Gasteiger partial charge in [-0.25, -0.2) is 9.38 Å². The van der Waals surface area contributed by atoms with Gasteiger partial charge in [-0.3, -0.25) is 10.1 Å². The lowest BCUT2D eigenvalue weighted by Crippen LogP contribution is -2.46. The number of hydrogen-bond donors (Lipinski definition) is 2. The maximum atomic E-state index is 13.7. The monoisotopic (exact) mass is 261 g/mol. The van der Waals surface area contributed by atoms with Gasteiger partial charge in [0.2, 0.25) is 0 Å². The zero-order valence-electron chi connectivity index (χ0n) is 10.7. The molecule has 2 N–H and O–H groups in total. The number of amides is 1. The van der Waals surface area contributed by atoms with Gasteiger partial charge in [0, 0.05) is 6.42 Å². The van der Waals surface area contributed by atoms with E-state index in [1.165, 1.54) is 6.07 Å². The highest BCUT2D eigenvalue weighted by molar-refractivity contribution is 6.09.